The molecule has 4 bridgehead atoms. The molecule has 9 nitrogen and oxygen atoms in total. The number of likely N-dealkylation sites (N-methyl/N-ethyl adjacent to an activating group) is 1. The molecule has 2 aromatic rings. The zero-order valence-corrected chi connectivity index (χ0v) is 24.7. The zero-order chi connectivity index (χ0) is 29.6. The van der Waals surface area contributed by atoms with Crippen LogP contribution in [0.4, 0.5) is 11.4 Å². The fourth-order valence-corrected chi connectivity index (χ4v) is 5.09. The molecule has 0 radical (unpaired) electrons. The number of rotatable bonds is 5. The minimum absolute atomic E-state index is 0.0753. The Morgan fingerprint density at radius 1 is 1.02 bits per heavy atom. The number of nitrogens with zero attached hydrogens (tertiary/aromatic N) is 5. The molecule has 1 saturated heterocycles. The van der Waals surface area contributed by atoms with Gasteiger partial charge < -0.3 is 21.3 Å². The van der Waals surface area contributed by atoms with Crippen LogP contribution in [0.15, 0.2) is 95.0 Å². The number of allylic oxidation sites excluding steroid dienone is 3. The van der Waals surface area contributed by atoms with Crippen LogP contribution in [0.2, 0.25) is 0 Å². The molecule has 2 aromatic carbocycles. The summed E-state index contributed by atoms with van der Waals surface area (Å²) in [7, 11) is 2.03. The van der Waals surface area contributed by atoms with Gasteiger partial charge in [-0.05, 0) is 54.4 Å². The monoisotopic (exact) mass is 568 g/mol. The van der Waals surface area contributed by atoms with Crippen molar-refractivity contribution in [2.45, 2.75) is 13.0 Å². The lowest BCUT2D eigenvalue weighted by Crippen LogP contribution is -2.49. The number of nitrogens with two attached hydrogens (primary N) is 1. The number of piperazine rings is 1. The second-order valence-corrected chi connectivity index (χ2v) is 10.8. The maximum atomic E-state index is 12.6. The van der Waals surface area contributed by atoms with E-state index in [9.17, 15) is 4.79 Å². The highest BCUT2D eigenvalue weighted by Crippen LogP contribution is 2.23. The number of carbonyl (C=O) groups excluding carboxylic acids is 1. The Kier molecular flexibility index (Phi) is 12.1. The number of anilines is 1. The normalized spacial score (nSPS) is 23.6. The minimum Gasteiger partial charge on any atom is -0.385 e. The molecule has 9 heteroatoms. The average Bonchev–Trinajstić information content (AvgIpc) is 2.96. The van der Waals surface area contributed by atoms with Crippen molar-refractivity contribution in [1.82, 2.24) is 20.0 Å². The third kappa shape index (κ3) is 10.7. The van der Waals surface area contributed by atoms with E-state index in [0.29, 0.717) is 19.6 Å². The molecular weight excluding hydrogens is 524 g/mol. The van der Waals surface area contributed by atoms with Gasteiger partial charge >= 0.3 is 0 Å². The van der Waals surface area contributed by atoms with E-state index in [1.54, 1.807) is 12.3 Å². The molecular formula is C33H44N8O. The van der Waals surface area contributed by atoms with Crippen molar-refractivity contribution in [2.24, 2.45) is 15.7 Å². The summed E-state index contributed by atoms with van der Waals surface area (Å²) >= 11 is 0. The van der Waals surface area contributed by atoms with Crippen molar-refractivity contribution >= 4 is 29.5 Å². The first-order chi connectivity index (χ1) is 20.5. The Bertz CT molecular complexity index is 1290. The summed E-state index contributed by atoms with van der Waals surface area (Å²) in [5, 5.41) is 6.64. The summed E-state index contributed by atoms with van der Waals surface area (Å²) in [6.07, 6.45) is 10.1. The number of carbonyl (C=O) groups is 1. The van der Waals surface area contributed by atoms with Crippen LogP contribution in [0.5, 0.6) is 0 Å². The standard InChI is InChI=1S/C33H44N8O/c1-3-8-28-11-7-13-37-33(34)38-31-22-29(21-30(23-31)35-14-12-27-9-5-4-6-10-27)25-40-17-19-41(20-18-40)26-32(42)36-15-16-39(2)24-28/h3-11,13,21-23,35H,1,12,14-20,24-26H2,2H3,(H2,34,38)(H,36,42)/b11-7+,28-8-,37-13+. The van der Waals surface area contributed by atoms with Crippen LogP contribution in [0, 0.1) is 0 Å². The van der Waals surface area contributed by atoms with Gasteiger partial charge in [-0.2, -0.15) is 0 Å². The molecule has 222 valence electrons. The third-order valence-electron chi connectivity index (χ3n) is 7.25. The predicted molar refractivity (Wildman–Crippen MR) is 174 cm³/mol. The topological polar surface area (TPSA) is 102 Å². The van der Waals surface area contributed by atoms with Crippen molar-refractivity contribution in [3.8, 4) is 0 Å². The quantitative estimate of drug-likeness (QED) is 0.512. The first-order valence-electron chi connectivity index (χ1n) is 14.6. The molecule has 0 aliphatic carbocycles. The van der Waals surface area contributed by atoms with Crippen LogP contribution in [0.3, 0.4) is 0 Å². The fraction of sp³-hybridized carbons (Fsp3) is 0.364. The summed E-state index contributed by atoms with van der Waals surface area (Å²) in [5.41, 5.74) is 11.5. The molecule has 3 heterocycles. The smallest absolute Gasteiger partial charge is 0.234 e. The molecule has 1 fully saturated rings. The van der Waals surface area contributed by atoms with Gasteiger partial charge in [0.05, 0.1) is 12.2 Å². The molecule has 0 spiro atoms. The highest BCUT2D eigenvalue weighted by atomic mass is 16.2. The molecule has 0 saturated carbocycles. The van der Waals surface area contributed by atoms with Crippen molar-refractivity contribution in [3.05, 3.63) is 96.1 Å². The van der Waals surface area contributed by atoms with Gasteiger partial charge in [-0.15, -0.1) is 0 Å². The molecule has 0 aromatic heterocycles. The van der Waals surface area contributed by atoms with Crippen molar-refractivity contribution in [2.75, 3.05) is 71.3 Å². The number of hydrogen-bond donors (Lipinski definition) is 3. The van der Waals surface area contributed by atoms with Crippen LogP contribution in [0.1, 0.15) is 11.1 Å². The number of fused-ring (bicyclic) bond motifs is 12. The number of amides is 1. The Morgan fingerprint density at radius 2 is 1.79 bits per heavy atom. The Balaban J connectivity index is 1.53. The summed E-state index contributed by atoms with van der Waals surface area (Å²) in [5.74, 6) is 0.274. The third-order valence-corrected chi connectivity index (χ3v) is 7.25. The molecule has 1 amide bonds. The van der Waals surface area contributed by atoms with E-state index >= 15 is 0 Å². The Hall–Kier alpha value is -4.05. The summed E-state index contributed by atoms with van der Waals surface area (Å²) < 4.78 is 0. The van der Waals surface area contributed by atoms with Crippen LogP contribution >= 0.6 is 0 Å². The van der Waals surface area contributed by atoms with E-state index in [4.69, 9.17) is 5.73 Å². The van der Waals surface area contributed by atoms with Gasteiger partial charge in [-0.1, -0.05) is 55.1 Å². The van der Waals surface area contributed by atoms with Gasteiger partial charge in [-0.25, -0.2) is 9.98 Å². The maximum Gasteiger partial charge on any atom is 0.234 e. The van der Waals surface area contributed by atoms with Crippen LogP contribution < -0.4 is 16.4 Å². The van der Waals surface area contributed by atoms with E-state index in [2.05, 4.69) is 78.3 Å². The van der Waals surface area contributed by atoms with Crippen LogP contribution in [0.25, 0.3) is 0 Å². The van der Waals surface area contributed by atoms with Gasteiger partial charge in [0.15, 0.2) is 0 Å². The second kappa shape index (κ2) is 16.4. The fourth-order valence-electron chi connectivity index (χ4n) is 5.09. The average molecular weight is 569 g/mol. The predicted octanol–water partition coefficient (Wildman–Crippen LogP) is 3.21. The van der Waals surface area contributed by atoms with Gasteiger partial charge in [-0.3, -0.25) is 14.6 Å². The maximum absolute atomic E-state index is 12.6. The lowest BCUT2D eigenvalue weighted by atomic mass is 10.1. The molecule has 0 atom stereocenters. The second-order valence-electron chi connectivity index (χ2n) is 10.8. The van der Waals surface area contributed by atoms with E-state index < -0.39 is 0 Å². The molecule has 0 unspecified atom stereocenters. The van der Waals surface area contributed by atoms with Crippen LogP contribution in [-0.4, -0.2) is 98.7 Å². The minimum atomic E-state index is 0.0753. The molecule has 5 rings (SSSR count). The van der Waals surface area contributed by atoms with E-state index in [-0.39, 0.29) is 11.9 Å². The number of nitrogens with one attached hydrogen (secondary N) is 2. The Morgan fingerprint density at radius 3 is 2.55 bits per heavy atom. The lowest BCUT2D eigenvalue weighted by Gasteiger charge is -2.34. The summed E-state index contributed by atoms with van der Waals surface area (Å²) in [6.45, 7) is 11.5. The van der Waals surface area contributed by atoms with E-state index in [1.165, 1.54) is 5.56 Å². The molecule has 4 N–H and O–H groups in total. The highest BCUT2D eigenvalue weighted by molar-refractivity contribution is 5.91. The van der Waals surface area contributed by atoms with Crippen molar-refractivity contribution in [3.63, 3.8) is 0 Å². The van der Waals surface area contributed by atoms with Crippen molar-refractivity contribution in [1.29, 1.82) is 0 Å². The van der Waals surface area contributed by atoms with Gasteiger partial charge in [0, 0.05) is 70.8 Å². The lowest BCUT2D eigenvalue weighted by molar-refractivity contribution is -0.122. The number of aliphatic imine (C=N–C) groups is 2. The number of guanidine groups is 1. The van der Waals surface area contributed by atoms with E-state index in [0.717, 1.165) is 74.7 Å². The van der Waals surface area contributed by atoms with Gasteiger partial charge in [0.25, 0.3) is 0 Å². The van der Waals surface area contributed by atoms with Gasteiger partial charge in [0.1, 0.15) is 0 Å². The zero-order valence-electron chi connectivity index (χ0n) is 24.7. The first-order valence-corrected chi connectivity index (χ1v) is 14.6. The van der Waals surface area contributed by atoms with E-state index in [1.807, 2.05) is 37.4 Å². The first kappa shape index (κ1) is 30.9. The van der Waals surface area contributed by atoms with Gasteiger partial charge in [0.2, 0.25) is 11.9 Å². The summed E-state index contributed by atoms with van der Waals surface area (Å²) in [4.78, 5) is 28.4. The SMILES string of the molecule is C=C/C=C1/C=C/C=N/C(N)=Nc2cc(cc(NCCc3ccccc3)c2)CN2CCN(CC2)CC(=O)NCCN(C)C1. The molecule has 42 heavy (non-hydrogen) atoms. The number of benzene rings is 2. The Labute approximate surface area is 250 Å². The number of hydrogen-bond acceptors (Lipinski definition) is 8. The van der Waals surface area contributed by atoms with Crippen molar-refractivity contribution < 1.29 is 4.79 Å². The van der Waals surface area contributed by atoms with Crippen LogP contribution in [-0.2, 0) is 17.8 Å². The summed E-state index contributed by atoms with van der Waals surface area (Å²) in [6, 6.07) is 16.7. The molecule has 3 aliphatic heterocycles. The molecule has 3 aliphatic rings. The highest BCUT2D eigenvalue weighted by Gasteiger charge is 2.19. The largest absolute Gasteiger partial charge is 0.385 e.